The summed E-state index contributed by atoms with van der Waals surface area (Å²) in [4.78, 5) is 20.2. The Hall–Kier alpha value is -1.65. The van der Waals surface area contributed by atoms with Crippen molar-refractivity contribution in [2.24, 2.45) is 5.92 Å². The number of nitrogens with two attached hydrogens (primary N) is 1. The van der Waals surface area contributed by atoms with Gasteiger partial charge < -0.3 is 10.5 Å². The van der Waals surface area contributed by atoms with Gasteiger partial charge in [-0.1, -0.05) is 13.3 Å². The summed E-state index contributed by atoms with van der Waals surface area (Å²) in [7, 11) is 0. The zero-order valence-corrected chi connectivity index (χ0v) is 11.6. The van der Waals surface area contributed by atoms with E-state index in [0.717, 1.165) is 24.6 Å². The van der Waals surface area contributed by atoms with E-state index in [4.69, 9.17) is 10.5 Å². The van der Waals surface area contributed by atoms with Gasteiger partial charge in [-0.15, -0.1) is 0 Å². The van der Waals surface area contributed by atoms with E-state index in [1.807, 2.05) is 0 Å². The topological polar surface area (TPSA) is 78.1 Å². The van der Waals surface area contributed by atoms with Gasteiger partial charge >= 0.3 is 5.97 Å². The maximum absolute atomic E-state index is 11.6. The SMILES string of the molecule is CCOC(=O)c1cnc(C2CCC(CC)C2)nc1N. The lowest BCUT2D eigenvalue weighted by atomic mass is 10.0. The van der Waals surface area contributed by atoms with Crippen LogP contribution in [0.3, 0.4) is 0 Å². The van der Waals surface area contributed by atoms with Gasteiger partial charge in [0.25, 0.3) is 0 Å². The van der Waals surface area contributed by atoms with Crippen LogP contribution in [0, 0.1) is 5.92 Å². The lowest BCUT2D eigenvalue weighted by molar-refractivity contribution is 0.0526. The second-order valence-electron chi connectivity index (χ2n) is 5.03. The van der Waals surface area contributed by atoms with E-state index in [0.29, 0.717) is 12.5 Å². The van der Waals surface area contributed by atoms with Gasteiger partial charge in [0, 0.05) is 12.1 Å². The fourth-order valence-electron chi connectivity index (χ4n) is 2.65. The Balaban J connectivity index is 2.13. The number of aromatic nitrogens is 2. The highest BCUT2D eigenvalue weighted by Gasteiger charge is 2.27. The average molecular weight is 263 g/mol. The molecule has 0 spiro atoms. The number of nitrogen functional groups attached to an aromatic ring is 1. The van der Waals surface area contributed by atoms with Gasteiger partial charge in [-0.05, 0) is 32.1 Å². The van der Waals surface area contributed by atoms with Crippen molar-refractivity contribution in [1.29, 1.82) is 0 Å². The lowest BCUT2D eigenvalue weighted by Crippen LogP contribution is -2.13. The molecule has 0 bridgehead atoms. The number of carbonyl (C=O) groups is 1. The van der Waals surface area contributed by atoms with Gasteiger partial charge in [0.1, 0.15) is 17.2 Å². The van der Waals surface area contributed by atoms with Crippen molar-refractivity contribution in [2.75, 3.05) is 12.3 Å². The van der Waals surface area contributed by atoms with Gasteiger partial charge in [-0.2, -0.15) is 0 Å². The minimum absolute atomic E-state index is 0.225. The second kappa shape index (κ2) is 5.99. The van der Waals surface area contributed by atoms with Crippen LogP contribution in [0.15, 0.2) is 6.20 Å². The molecular formula is C14H21N3O2. The molecule has 1 aliphatic carbocycles. The average Bonchev–Trinajstić information content (AvgIpc) is 2.87. The van der Waals surface area contributed by atoms with E-state index >= 15 is 0 Å². The molecule has 2 rings (SSSR count). The molecule has 1 heterocycles. The molecule has 1 aromatic heterocycles. The number of hydrogen-bond donors (Lipinski definition) is 1. The number of rotatable bonds is 4. The van der Waals surface area contributed by atoms with Gasteiger partial charge in [0.05, 0.1) is 6.61 Å². The third-order valence-corrected chi connectivity index (χ3v) is 3.82. The van der Waals surface area contributed by atoms with E-state index < -0.39 is 5.97 Å². The smallest absolute Gasteiger partial charge is 0.343 e. The first-order valence-electron chi connectivity index (χ1n) is 6.95. The molecule has 0 aliphatic heterocycles. The highest BCUT2D eigenvalue weighted by atomic mass is 16.5. The van der Waals surface area contributed by atoms with E-state index in [1.54, 1.807) is 6.92 Å². The fourth-order valence-corrected chi connectivity index (χ4v) is 2.65. The first-order valence-corrected chi connectivity index (χ1v) is 6.95. The second-order valence-corrected chi connectivity index (χ2v) is 5.03. The lowest BCUT2D eigenvalue weighted by Gasteiger charge is -2.11. The summed E-state index contributed by atoms with van der Waals surface area (Å²) in [6.45, 7) is 4.29. The highest BCUT2D eigenvalue weighted by molar-refractivity contribution is 5.93. The predicted molar refractivity (Wildman–Crippen MR) is 72.8 cm³/mol. The molecule has 1 fully saturated rings. The van der Waals surface area contributed by atoms with Gasteiger partial charge in [0.2, 0.25) is 0 Å². The molecule has 2 N–H and O–H groups in total. The van der Waals surface area contributed by atoms with E-state index in [-0.39, 0.29) is 11.4 Å². The molecule has 0 amide bonds. The molecule has 5 nitrogen and oxygen atoms in total. The zero-order chi connectivity index (χ0) is 13.8. The van der Waals surface area contributed by atoms with E-state index in [9.17, 15) is 4.79 Å². The Morgan fingerprint density at radius 1 is 1.47 bits per heavy atom. The molecule has 0 radical (unpaired) electrons. The molecule has 2 atom stereocenters. The quantitative estimate of drug-likeness (QED) is 0.844. The first-order chi connectivity index (χ1) is 9.15. The molecule has 5 heteroatoms. The minimum atomic E-state index is -0.454. The predicted octanol–water partition coefficient (Wildman–Crippen LogP) is 2.53. The molecule has 0 saturated heterocycles. The monoisotopic (exact) mass is 263 g/mol. The minimum Gasteiger partial charge on any atom is -0.462 e. The van der Waals surface area contributed by atoms with Crippen LogP contribution in [0.2, 0.25) is 0 Å². The Bertz CT molecular complexity index is 462. The van der Waals surface area contributed by atoms with E-state index in [2.05, 4.69) is 16.9 Å². The van der Waals surface area contributed by atoms with Crippen molar-refractivity contribution >= 4 is 11.8 Å². The van der Waals surface area contributed by atoms with Crippen LogP contribution >= 0.6 is 0 Å². The van der Waals surface area contributed by atoms with E-state index in [1.165, 1.54) is 19.0 Å². The third kappa shape index (κ3) is 3.03. The molecule has 0 aromatic carbocycles. The van der Waals surface area contributed by atoms with Crippen LogP contribution in [-0.2, 0) is 4.74 Å². The maximum Gasteiger partial charge on any atom is 0.343 e. The zero-order valence-electron chi connectivity index (χ0n) is 11.6. The molecular weight excluding hydrogens is 242 g/mol. The molecule has 1 saturated carbocycles. The summed E-state index contributed by atoms with van der Waals surface area (Å²) in [5.74, 6) is 1.68. The van der Waals surface area contributed by atoms with Gasteiger partial charge in [-0.25, -0.2) is 14.8 Å². The Morgan fingerprint density at radius 2 is 2.26 bits per heavy atom. The number of carbonyl (C=O) groups excluding carboxylic acids is 1. The molecule has 1 aromatic rings. The Kier molecular flexibility index (Phi) is 4.35. The normalized spacial score (nSPS) is 22.4. The summed E-state index contributed by atoms with van der Waals surface area (Å²) in [6.07, 6.45) is 6.15. The van der Waals surface area contributed by atoms with Crippen LogP contribution in [0.5, 0.6) is 0 Å². The van der Waals surface area contributed by atoms with Crippen molar-refractivity contribution in [3.05, 3.63) is 17.6 Å². The number of hydrogen-bond acceptors (Lipinski definition) is 5. The maximum atomic E-state index is 11.6. The number of esters is 1. The van der Waals surface area contributed by atoms with Gasteiger partial charge in [0.15, 0.2) is 0 Å². The summed E-state index contributed by atoms with van der Waals surface area (Å²) in [6, 6.07) is 0. The van der Waals surface area contributed by atoms with Crippen molar-refractivity contribution in [2.45, 2.75) is 45.4 Å². The number of ether oxygens (including phenoxy) is 1. The summed E-state index contributed by atoms with van der Waals surface area (Å²) >= 11 is 0. The van der Waals surface area contributed by atoms with Crippen LogP contribution in [0.4, 0.5) is 5.82 Å². The Labute approximate surface area is 113 Å². The van der Waals surface area contributed by atoms with Crippen LogP contribution in [0.25, 0.3) is 0 Å². The van der Waals surface area contributed by atoms with Crippen LogP contribution in [0.1, 0.15) is 61.6 Å². The van der Waals surface area contributed by atoms with Crippen molar-refractivity contribution < 1.29 is 9.53 Å². The molecule has 2 unspecified atom stereocenters. The van der Waals surface area contributed by atoms with Crippen LogP contribution < -0.4 is 5.73 Å². The largest absolute Gasteiger partial charge is 0.462 e. The van der Waals surface area contributed by atoms with Gasteiger partial charge in [-0.3, -0.25) is 0 Å². The molecule has 19 heavy (non-hydrogen) atoms. The fraction of sp³-hybridized carbons (Fsp3) is 0.643. The molecule has 1 aliphatic rings. The van der Waals surface area contributed by atoms with Crippen molar-refractivity contribution in [3.63, 3.8) is 0 Å². The number of anilines is 1. The summed E-state index contributed by atoms with van der Waals surface area (Å²) in [5, 5.41) is 0. The third-order valence-electron chi connectivity index (χ3n) is 3.82. The summed E-state index contributed by atoms with van der Waals surface area (Å²) in [5.41, 5.74) is 6.10. The standard InChI is InChI=1S/C14H21N3O2/c1-3-9-5-6-10(7-9)13-16-8-11(12(15)17-13)14(18)19-4-2/h8-10H,3-7H2,1-2H3,(H2,15,16,17). The highest BCUT2D eigenvalue weighted by Crippen LogP contribution is 2.38. The Morgan fingerprint density at radius 3 is 2.84 bits per heavy atom. The number of nitrogens with zero attached hydrogens (tertiary/aromatic N) is 2. The van der Waals surface area contributed by atoms with Crippen molar-refractivity contribution in [1.82, 2.24) is 9.97 Å². The van der Waals surface area contributed by atoms with Crippen LogP contribution in [-0.4, -0.2) is 22.5 Å². The first kappa shape index (κ1) is 13.8. The summed E-state index contributed by atoms with van der Waals surface area (Å²) < 4.78 is 4.91. The van der Waals surface area contributed by atoms with Crippen molar-refractivity contribution in [3.8, 4) is 0 Å². The molecule has 104 valence electrons.